The predicted molar refractivity (Wildman–Crippen MR) is 63.9 cm³/mol. The van der Waals surface area contributed by atoms with Crippen LogP contribution in [0.5, 0.6) is 0 Å². The second-order valence-electron chi connectivity index (χ2n) is 3.02. The lowest BCUT2D eigenvalue weighted by atomic mass is 10.2. The van der Waals surface area contributed by atoms with Crippen molar-refractivity contribution >= 4 is 32.4 Å². The van der Waals surface area contributed by atoms with Crippen LogP contribution in [0.4, 0.5) is 5.13 Å². The molecule has 2 aromatic rings. The Morgan fingerprint density at radius 1 is 1.47 bits per heavy atom. The lowest BCUT2D eigenvalue weighted by molar-refractivity contribution is 1.03. The molecule has 2 heterocycles. The summed E-state index contributed by atoms with van der Waals surface area (Å²) in [6, 6.07) is 2.00. The van der Waals surface area contributed by atoms with E-state index in [2.05, 4.69) is 36.4 Å². The Morgan fingerprint density at radius 2 is 2.33 bits per heavy atom. The van der Waals surface area contributed by atoms with E-state index in [1.165, 1.54) is 22.5 Å². The van der Waals surface area contributed by atoms with Crippen LogP contribution in [-0.4, -0.2) is 15.2 Å². The second kappa shape index (κ2) is 4.67. The molecule has 0 radical (unpaired) electrons. The standard InChI is InChI=1S/C9H9BrN4S/c1-6-4-11-3-2-7(6)5-12-9-14-13-8(10)15-9/h2-4H,5H2,1H3,(H,12,14). The summed E-state index contributed by atoms with van der Waals surface area (Å²) >= 11 is 4.75. The molecule has 0 bridgehead atoms. The molecule has 0 atom stereocenters. The largest absolute Gasteiger partial charge is 0.356 e. The van der Waals surface area contributed by atoms with Crippen molar-refractivity contribution in [2.24, 2.45) is 0 Å². The zero-order valence-electron chi connectivity index (χ0n) is 8.07. The van der Waals surface area contributed by atoms with E-state index in [0.29, 0.717) is 0 Å². The molecule has 1 N–H and O–H groups in total. The Bertz CT molecular complexity index is 457. The fourth-order valence-corrected chi connectivity index (χ4v) is 2.15. The summed E-state index contributed by atoms with van der Waals surface area (Å²) in [5.41, 5.74) is 2.39. The first-order valence-corrected chi connectivity index (χ1v) is 5.99. The maximum absolute atomic E-state index is 4.04. The molecule has 6 heteroatoms. The highest BCUT2D eigenvalue weighted by atomic mass is 79.9. The monoisotopic (exact) mass is 284 g/mol. The predicted octanol–water partition coefficient (Wildman–Crippen LogP) is 2.62. The molecular weight excluding hydrogens is 276 g/mol. The van der Waals surface area contributed by atoms with Gasteiger partial charge in [0.25, 0.3) is 0 Å². The third-order valence-corrected chi connectivity index (χ3v) is 3.28. The topological polar surface area (TPSA) is 50.7 Å². The molecule has 0 fully saturated rings. The van der Waals surface area contributed by atoms with Crippen LogP contribution in [0.3, 0.4) is 0 Å². The molecule has 0 spiro atoms. The van der Waals surface area contributed by atoms with Crippen LogP contribution in [0, 0.1) is 6.92 Å². The number of halogens is 1. The minimum atomic E-state index is 0.746. The van der Waals surface area contributed by atoms with Crippen LogP contribution in [0.15, 0.2) is 22.4 Å². The summed E-state index contributed by atoms with van der Waals surface area (Å²) in [5, 5.41) is 11.8. The smallest absolute Gasteiger partial charge is 0.206 e. The molecule has 0 saturated carbocycles. The summed E-state index contributed by atoms with van der Waals surface area (Å²) in [4.78, 5) is 4.04. The fourth-order valence-electron chi connectivity index (χ4n) is 1.15. The van der Waals surface area contributed by atoms with Crippen LogP contribution in [0.1, 0.15) is 11.1 Å². The highest BCUT2D eigenvalue weighted by Gasteiger charge is 2.01. The van der Waals surface area contributed by atoms with Crippen molar-refractivity contribution in [1.29, 1.82) is 0 Å². The van der Waals surface area contributed by atoms with Gasteiger partial charge in [-0.3, -0.25) is 4.98 Å². The Kier molecular flexibility index (Phi) is 3.27. The number of nitrogens with one attached hydrogen (secondary N) is 1. The van der Waals surface area contributed by atoms with E-state index in [-0.39, 0.29) is 0 Å². The van der Waals surface area contributed by atoms with Crippen molar-refractivity contribution in [2.45, 2.75) is 13.5 Å². The number of hydrogen-bond donors (Lipinski definition) is 1. The minimum Gasteiger partial charge on any atom is -0.356 e. The quantitative estimate of drug-likeness (QED) is 0.941. The number of anilines is 1. The summed E-state index contributed by atoms with van der Waals surface area (Å²) in [6.07, 6.45) is 3.65. The van der Waals surface area contributed by atoms with Crippen LogP contribution in [0.2, 0.25) is 0 Å². The average molecular weight is 285 g/mol. The number of aromatic nitrogens is 3. The number of rotatable bonds is 3. The highest BCUT2D eigenvalue weighted by molar-refractivity contribution is 9.11. The normalized spacial score (nSPS) is 10.3. The zero-order valence-corrected chi connectivity index (χ0v) is 10.5. The van der Waals surface area contributed by atoms with Crippen molar-refractivity contribution in [3.63, 3.8) is 0 Å². The van der Waals surface area contributed by atoms with E-state index >= 15 is 0 Å². The third-order valence-electron chi connectivity index (χ3n) is 1.97. The maximum Gasteiger partial charge on any atom is 0.206 e. The molecule has 0 amide bonds. The Hall–Kier alpha value is -1.01. The fraction of sp³-hybridized carbons (Fsp3) is 0.222. The van der Waals surface area contributed by atoms with Crippen LogP contribution < -0.4 is 5.32 Å². The van der Waals surface area contributed by atoms with E-state index < -0.39 is 0 Å². The molecule has 0 aliphatic rings. The molecule has 0 aliphatic heterocycles. The molecule has 2 rings (SSSR count). The van der Waals surface area contributed by atoms with E-state index in [9.17, 15) is 0 Å². The zero-order chi connectivity index (χ0) is 10.7. The first-order chi connectivity index (χ1) is 7.25. The molecule has 0 aromatic carbocycles. The molecule has 2 aromatic heterocycles. The third kappa shape index (κ3) is 2.73. The van der Waals surface area contributed by atoms with E-state index in [1.54, 1.807) is 6.20 Å². The number of nitrogens with zero attached hydrogens (tertiary/aromatic N) is 3. The van der Waals surface area contributed by atoms with Crippen LogP contribution >= 0.6 is 27.3 Å². The molecule has 4 nitrogen and oxygen atoms in total. The summed E-state index contributed by atoms with van der Waals surface area (Å²) in [5.74, 6) is 0. The summed E-state index contributed by atoms with van der Waals surface area (Å²) in [7, 11) is 0. The van der Waals surface area contributed by atoms with Gasteiger partial charge in [0.1, 0.15) is 0 Å². The first kappa shape index (κ1) is 10.5. The van der Waals surface area contributed by atoms with Gasteiger partial charge in [0.2, 0.25) is 5.13 Å². The first-order valence-electron chi connectivity index (χ1n) is 4.38. The van der Waals surface area contributed by atoms with Gasteiger partial charge in [-0.1, -0.05) is 11.3 Å². The minimum absolute atomic E-state index is 0.746. The van der Waals surface area contributed by atoms with Gasteiger partial charge >= 0.3 is 0 Å². The van der Waals surface area contributed by atoms with Gasteiger partial charge in [-0.05, 0) is 40.0 Å². The SMILES string of the molecule is Cc1cnccc1CNc1nnc(Br)s1. The Morgan fingerprint density at radius 3 is 3.00 bits per heavy atom. The molecular formula is C9H9BrN4S. The second-order valence-corrected chi connectivity index (χ2v) is 5.27. The average Bonchev–Trinajstić information content (AvgIpc) is 2.63. The lowest BCUT2D eigenvalue weighted by Crippen LogP contribution is -2.01. The van der Waals surface area contributed by atoms with Crippen molar-refractivity contribution in [2.75, 3.05) is 5.32 Å². The van der Waals surface area contributed by atoms with Gasteiger partial charge in [0.15, 0.2) is 3.92 Å². The molecule has 78 valence electrons. The highest BCUT2D eigenvalue weighted by Crippen LogP contribution is 2.20. The van der Waals surface area contributed by atoms with Gasteiger partial charge < -0.3 is 5.32 Å². The Balaban J connectivity index is 2.02. The number of aryl methyl sites for hydroxylation is 1. The van der Waals surface area contributed by atoms with Gasteiger partial charge in [0.05, 0.1) is 0 Å². The van der Waals surface area contributed by atoms with Crippen molar-refractivity contribution in [1.82, 2.24) is 15.2 Å². The summed E-state index contributed by atoms with van der Waals surface area (Å²) in [6.45, 7) is 2.79. The van der Waals surface area contributed by atoms with Gasteiger partial charge in [-0.15, -0.1) is 10.2 Å². The molecule has 0 unspecified atom stereocenters. The van der Waals surface area contributed by atoms with E-state index in [0.717, 1.165) is 15.6 Å². The van der Waals surface area contributed by atoms with E-state index in [4.69, 9.17) is 0 Å². The van der Waals surface area contributed by atoms with Crippen LogP contribution in [-0.2, 0) is 6.54 Å². The van der Waals surface area contributed by atoms with Gasteiger partial charge in [-0.25, -0.2) is 0 Å². The van der Waals surface area contributed by atoms with Gasteiger partial charge in [0, 0.05) is 18.9 Å². The molecule has 0 aliphatic carbocycles. The van der Waals surface area contributed by atoms with Crippen molar-refractivity contribution in [3.8, 4) is 0 Å². The number of pyridine rings is 1. The van der Waals surface area contributed by atoms with Crippen molar-refractivity contribution < 1.29 is 0 Å². The van der Waals surface area contributed by atoms with E-state index in [1.807, 2.05) is 19.2 Å². The number of hydrogen-bond acceptors (Lipinski definition) is 5. The molecule has 15 heavy (non-hydrogen) atoms. The Labute approximate surface area is 99.9 Å². The van der Waals surface area contributed by atoms with Gasteiger partial charge in [-0.2, -0.15) is 0 Å². The molecule has 0 saturated heterocycles. The lowest BCUT2D eigenvalue weighted by Gasteiger charge is -2.04. The summed E-state index contributed by atoms with van der Waals surface area (Å²) < 4.78 is 0.788. The van der Waals surface area contributed by atoms with Crippen LogP contribution in [0.25, 0.3) is 0 Å². The maximum atomic E-state index is 4.04. The van der Waals surface area contributed by atoms with Crippen molar-refractivity contribution in [3.05, 3.63) is 33.5 Å².